The molecule has 0 radical (unpaired) electrons. The largest absolute Gasteiger partial charge is 0.497 e. The van der Waals surface area contributed by atoms with Crippen LogP contribution in [0.25, 0.3) is 0 Å². The number of anilines is 3. The van der Waals surface area contributed by atoms with Gasteiger partial charge in [-0.2, -0.15) is 0 Å². The highest BCUT2D eigenvalue weighted by Crippen LogP contribution is 2.58. The maximum atomic E-state index is 14.1. The van der Waals surface area contributed by atoms with Crippen molar-refractivity contribution in [2.45, 2.75) is 5.41 Å². The van der Waals surface area contributed by atoms with Crippen molar-refractivity contribution in [1.82, 2.24) is 9.13 Å². The van der Waals surface area contributed by atoms with Crippen LogP contribution in [-0.2, 0) is 24.3 Å². The Morgan fingerprint density at radius 2 is 1.62 bits per heavy atom. The number of carbonyl (C=O) groups is 1. The van der Waals surface area contributed by atoms with Gasteiger partial charge in [0.25, 0.3) is 5.56 Å². The van der Waals surface area contributed by atoms with Crippen molar-refractivity contribution < 1.29 is 14.3 Å². The molecule has 2 aromatic carbocycles. The first-order valence-corrected chi connectivity index (χ1v) is 10.0. The molecule has 1 atom stereocenters. The molecule has 3 aromatic rings. The van der Waals surface area contributed by atoms with Crippen LogP contribution in [0.4, 0.5) is 17.2 Å². The fraction of sp³-hybridized carbons (Fsp3) is 0.261. The van der Waals surface area contributed by atoms with Gasteiger partial charge in [-0.1, -0.05) is 18.2 Å². The minimum atomic E-state index is -1.50. The van der Waals surface area contributed by atoms with Gasteiger partial charge in [0.2, 0.25) is 5.91 Å². The van der Waals surface area contributed by atoms with E-state index in [-0.39, 0.29) is 17.3 Å². The molecule has 0 fully saturated rings. The lowest BCUT2D eigenvalue weighted by molar-refractivity contribution is -0.120. The third kappa shape index (κ3) is 2.14. The van der Waals surface area contributed by atoms with Crippen LogP contribution in [-0.4, -0.2) is 36.3 Å². The Balaban J connectivity index is 2.07. The maximum absolute atomic E-state index is 14.1. The molecule has 0 saturated heterocycles. The van der Waals surface area contributed by atoms with E-state index in [1.807, 2.05) is 24.3 Å². The number of likely N-dealkylation sites (N-methyl/N-ethyl adjacent to an activating group) is 1. The van der Waals surface area contributed by atoms with E-state index in [0.29, 0.717) is 34.0 Å². The number of benzene rings is 2. The molecular weight excluding hydrogens is 412 g/mol. The van der Waals surface area contributed by atoms with Crippen molar-refractivity contribution in [2.75, 3.05) is 31.5 Å². The third-order valence-corrected chi connectivity index (χ3v) is 6.49. The molecule has 2 aliphatic heterocycles. The third-order valence-electron chi connectivity index (χ3n) is 6.49. The number of ether oxygens (including phenoxy) is 2. The molecule has 164 valence electrons. The Labute approximate surface area is 183 Å². The quantitative estimate of drug-likeness (QED) is 0.657. The van der Waals surface area contributed by atoms with Crippen LogP contribution in [0.15, 0.2) is 46.0 Å². The first kappa shape index (κ1) is 19.9. The number of methoxy groups -OCH3 is 2. The topological polar surface area (TPSA) is 94.8 Å². The summed E-state index contributed by atoms with van der Waals surface area (Å²) in [4.78, 5) is 42.0. The molecular formula is C23H22N4O5. The number of hydrogen-bond donors (Lipinski definition) is 1. The summed E-state index contributed by atoms with van der Waals surface area (Å²) in [6.07, 6.45) is 0. The second kappa shape index (κ2) is 6.49. The van der Waals surface area contributed by atoms with Crippen molar-refractivity contribution in [3.05, 3.63) is 73.9 Å². The Morgan fingerprint density at radius 1 is 0.906 bits per heavy atom. The van der Waals surface area contributed by atoms with E-state index >= 15 is 0 Å². The molecule has 0 unspecified atom stereocenters. The van der Waals surface area contributed by atoms with E-state index in [2.05, 4.69) is 5.32 Å². The van der Waals surface area contributed by atoms with Crippen molar-refractivity contribution >= 4 is 23.1 Å². The van der Waals surface area contributed by atoms with Crippen LogP contribution in [0.1, 0.15) is 16.7 Å². The molecule has 1 aromatic heterocycles. The normalized spacial score (nSPS) is 18.2. The van der Waals surface area contributed by atoms with Crippen LogP contribution in [0.2, 0.25) is 0 Å². The molecule has 1 amide bonds. The number of amides is 1. The summed E-state index contributed by atoms with van der Waals surface area (Å²) in [5.74, 6) is 0.862. The molecule has 2 aliphatic rings. The first-order chi connectivity index (χ1) is 15.3. The van der Waals surface area contributed by atoms with E-state index in [1.54, 1.807) is 31.1 Å². The van der Waals surface area contributed by atoms with E-state index in [0.717, 1.165) is 4.57 Å². The Bertz CT molecular complexity index is 1440. The lowest BCUT2D eigenvalue weighted by atomic mass is 9.68. The Morgan fingerprint density at radius 3 is 2.31 bits per heavy atom. The first-order valence-electron chi connectivity index (χ1n) is 10.0. The second-order valence-electron chi connectivity index (χ2n) is 7.94. The molecule has 9 heteroatoms. The number of fused-ring (bicyclic) bond motifs is 6. The Hall–Kier alpha value is -4.01. The average Bonchev–Trinajstić information content (AvgIpc) is 3.03. The summed E-state index contributed by atoms with van der Waals surface area (Å²) < 4.78 is 13.5. The van der Waals surface area contributed by atoms with Gasteiger partial charge in [-0.15, -0.1) is 0 Å². The van der Waals surface area contributed by atoms with Crippen molar-refractivity contribution in [3.63, 3.8) is 0 Å². The number of para-hydroxylation sites is 1. The molecule has 3 heterocycles. The van der Waals surface area contributed by atoms with Crippen LogP contribution >= 0.6 is 0 Å². The highest BCUT2D eigenvalue weighted by atomic mass is 16.5. The molecule has 32 heavy (non-hydrogen) atoms. The monoisotopic (exact) mass is 434 g/mol. The molecule has 0 bridgehead atoms. The number of rotatable bonds is 2. The van der Waals surface area contributed by atoms with Gasteiger partial charge in [-0.05, 0) is 6.07 Å². The summed E-state index contributed by atoms with van der Waals surface area (Å²) in [5.41, 5.74) is 0.000375. The minimum absolute atomic E-state index is 0.180. The fourth-order valence-corrected chi connectivity index (χ4v) is 4.98. The standard InChI is InChI=1S/C23H22N4O5/c1-25-15-9-7-6-8-13(15)23(21(25)29)17-14(10-12(31-4)11-16(17)32-5)24-19-18(23)20(28)27(3)22(30)26(19)2/h6-11,24H,1-5H3/t23-/m0/s1. The second-order valence-corrected chi connectivity index (χ2v) is 7.94. The predicted molar refractivity (Wildman–Crippen MR) is 119 cm³/mol. The van der Waals surface area contributed by atoms with Crippen molar-refractivity contribution in [3.8, 4) is 11.5 Å². The van der Waals surface area contributed by atoms with E-state index in [9.17, 15) is 14.4 Å². The van der Waals surface area contributed by atoms with Gasteiger partial charge in [0, 0.05) is 50.1 Å². The number of nitrogens with one attached hydrogen (secondary N) is 1. The predicted octanol–water partition coefficient (Wildman–Crippen LogP) is 1.47. The van der Waals surface area contributed by atoms with Gasteiger partial charge in [0.05, 0.1) is 25.5 Å². The van der Waals surface area contributed by atoms with E-state index in [1.165, 1.54) is 25.8 Å². The molecule has 5 rings (SSSR count). The Kier molecular flexibility index (Phi) is 4.04. The maximum Gasteiger partial charge on any atom is 0.332 e. The zero-order valence-corrected chi connectivity index (χ0v) is 18.3. The highest BCUT2D eigenvalue weighted by molar-refractivity contribution is 6.15. The summed E-state index contributed by atoms with van der Waals surface area (Å²) in [5, 5.41) is 3.20. The molecule has 1 N–H and O–H groups in total. The molecule has 1 spiro atoms. The lowest BCUT2D eigenvalue weighted by Gasteiger charge is -2.38. The van der Waals surface area contributed by atoms with E-state index in [4.69, 9.17) is 9.47 Å². The van der Waals surface area contributed by atoms with Crippen molar-refractivity contribution in [2.24, 2.45) is 14.1 Å². The van der Waals surface area contributed by atoms with Crippen molar-refractivity contribution in [1.29, 1.82) is 0 Å². The fourth-order valence-electron chi connectivity index (χ4n) is 4.98. The van der Waals surface area contributed by atoms with Crippen LogP contribution in [0, 0.1) is 0 Å². The van der Waals surface area contributed by atoms with Gasteiger partial charge in [0.15, 0.2) is 0 Å². The zero-order chi connectivity index (χ0) is 22.9. The minimum Gasteiger partial charge on any atom is -0.497 e. The SMILES string of the molecule is COc1cc2c(c(OC)c1)[C@]1(C(=O)N(C)c3ccccc31)c1c(n(C)c(=O)n(C)c1=O)N2. The summed E-state index contributed by atoms with van der Waals surface area (Å²) in [6.45, 7) is 0. The lowest BCUT2D eigenvalue weighted by Crippen LogP contribution is -2.51. The van der Waals surface area contributed by atoms with Gasteiger partial charge >= 0.3 is 5.69 Å². The summed E-state index contributed by atoms with van der Waals surface area (Å²) in [6, 6.07) is 10.8. The summed E-state index contributed by atoms with van der Waals surface area (Å²) >= 11 is 0. The van der Waals surface area contributed by atoms with Crippen LogP contribution in [0.5, 0.6) is 11.5 Å². The van der Waals surface area contributed by atoms with Crippen LogP contribution < -0.4 is 30.9 Å². The number of aromatic nitrogens is 2. The van der Waals surface area contributed by atoms with Crippen LogP contribution in [0.3, 0.4) is 0 Å². The van der Waals surface area contributed by atoms with Gasteiger partial charge in [-0.3, -0.25) is 18.7 Å². The van der Waals surface area contributed by atoms with E-state index < -0.39 is 16.7 Å². The van der Waals surface area contributed by atoms with Gasteiger partial charge in [-0.25, -0.2) is 4.79 Å². The number of hydrogen-bond acceptors (Lipinski definition) is 6. The molecule has 0 aliphatic carbocycles. The average molecular weight is 434 g/mol. The summed E-state index contributed by atoms with van der Waals surface area (Å²) in [7, 11) is 7.70. The number of carbonyl (C=O) groups excluding carboxylic acids is 1. The molecule has 0 saturated carbocycles. The number of nitrogens with zero attached hydrogens (tertiary/aromatic N) is 3. The zero-order valence-electron chi connectivity index (χ0n) is 18.3. The highest BCUT2D eigenvalue weighted by Gasteiger charge is 2.59. The van der Waals surface area contributed by atoms with Gasteiger partial charge < -0.3 is 19.7 Å². The smallest absolute Gasteiger partial charge is 0.332 e. The van der Waals surface area contributed by atoms with Gasteiger partial charge in [0.1, 0.15) is 22.7 Å². The molecule has 9 nitrogen and oxygen atoms in total.